The summed E-state index contributed by atoms with van der Waals surface area (Å²) < 4.78 is 12.3. The van der Waals surface area contributed by atoms with Crippen molar-refractivity contribution in [1.29, 1.82) is 0 Å². The number of rotatable bonds is 0. The third-order valence-electron chi connectivity index (χ3n) is 6.34. The molecule has 2 radical (unpaired) electrons. The van der Waals surface area contributed by atoms with Gasteiger partial charge in [-0.05, 0) is 61.3 Å². The molecule has 0 amide bonds. The summed E-state index contributed by atoms with van der Waals surface area (Å²) in [5.74, 6) is -0.371. The normalized spacial score (nSPS) is 26.8. The Kier molecular flexibility index (Phi) is 6.91. The van der Waals surface area contributed by atoms with Gasteiger partial charge in [-0.25, -0.2) is 0 Å². The fraction of sp³-hybridized carbons (Fsp3) is 0.560. The van der Waals surface area contributed by atoms with Gasteiger partial charge in [0, 0.05) is 41.5 Å². The van der Waals surface area contributed by atoms with Crippen molar-refractivity contribution >= 4 is 0 Å². The van der Waals surface area contributed by atoms with Gasteiger partial charge in [0.2, 0.25) is 0 Å². The number of hydrogen-bond donors (Lipinski definition) is 0. The van der Waals surface area contributed by atoms with Crippen molar-refractivity contribution in [3.63, 3.8) is 0 Å². The second-order valence-corrected chi connectivity index (χ2v) is 8.99. The van der Waals surface area contributed by atoms with Crippen LogP contribution in [-0.4, -0.2) is 19.0 Å². The maximum Gasteiger partial charge on any atom is 0.175 e. The Labute approximate surface area is 181 Å². The van der Waals surface area contributed by atoms with Gasteiger partial charge in [-0.15, -0.1) is 0 Å². The minimum absolute atomic E-state index is 0. The maximum absolute atomic E-state index is 6.16. The van der Waals surface area contributed by atoms with Gasteiger partial charge in [0.15, 0.2) is 5.79 Å². The van der Waals surface area contributed by atoms with Gasteiger partial charge < -0.3 is 9.47 Å². The quantitative estimate of drug-likeness (QED) is 0.449. The van der Waals surface area contributed by atoms with E-state index >= 15 is 0 Å². The van der Waals surface area contributed by atoms with Crippen molar-refractivity contribution in [3.8, 4) is 0 Å². The molecule has 5 aliphatic rings. The molecule has 0 aromatic heterocycles. The number of fused-ring (bicyclic) bond motifs is 2. The number of allylic oxidation sites excluding steroid dienone is 8. The molecule has 0 aromatic rings. The Balaban J connectivity index is 0.000000329. The molecule has 1 aliphatic heterocycles. The maximum atomic E-state index is 6.16. The van der Waals surface area contributed by atoms with E-state index in [1.54, 1.807) is 22.3 Å². The summed E-state index contributed by atoms with van der Waals surface area (Å²) in [5.41, 5.74) is 8.00. The van der Waals surface area contributed by atoms with Gasteiger partial charge in [-0.2, -0.15) is 0 Å². The molecule has 0 bridgehead atoms. The fourth-order valence-corrected chi connectivity index (χ4v) is 5.45. The van der Waals surface area contributed by atoms with E-state index in [-0.39, 0.29) is 28.0 Å². The van der Waals surface area contributed by atoms with E-state index in [1.165, 1.54) is 31.3 Å². The van der Waals surface area contributed by atoms with E-state index in [1.807, 2.05) is 30.7 Å². The van der Waals surface area contributed by atoms with Crippen LogP contribution in [0.2, 0.25) is 0 Å². The molecule has 0 N–H and O–H groups in total. The zero-order chi connectivity index (χ0) is 18.9. The van der Waals surface area contributed by atoms with Crippen molar-refractivity contribution in [2.45, 2.75) is 71.5 Å². The minimum atomic E-state index is -0.371. The third kappa shape index (κ3) is 4.33. The smallest absolute Gasteiger partial charge is 0.175 e. The van der Waals surface area contributed by atoms with E-state index in [4.69, 9.17) is 9.47 Å². The van der Waals surface area contributed by atoms with Crippen molar-refractivity contribution in [1.82, 2.24) is 0 Å². The number of hydrogen-bond acceptors (Lipinski definition) is 2. The summed E-state index contributed by atoms with van der Waals surface area (Å²) in [7, 11) is 0. The van der Waals surface area contributed by atoms with Gasteiger partial charge in [-0.3, -0.25) is 0 Å². The Bertz CT molecular complexity index is 733. The van der Waals surface area contributed by atoms with Crippen LogP contribution in [0.1, 0.15) is 65.7 Å². The predicted molar refractivity (Wildman–Crippen MR) is 111 cm³/mol. The molecule has 2 nitrogen and oxygen atoms in total. The predicted octanol–water partition coefficient (Wildman–Crippen LogP) is 6.38. The van der Waals surface area contributed by atoms with Crippen molar-refractivity contribution in [2.24, 2.45) is 5.41 Å². The molecule has 1 spiro atoms. The van der Waals surface area contributed by atoms with Gasteiger partial charge in [0.05, 0.1) is 13.2 Å². The first-order valence-corrected chi connectivity index (χ1v) is 10.6. The third-order valence-corrected chi connectivity index (χ3v) is 6.34. The van der Waals surface area contributed by atoms with E-state index in [9.17, 15) is 0 Å². The largest absolute Gasteiger partial charge is 0.349 e. The monoisotopic (exact) mass is 424 g/mol. The van der Waals surface area contributed by atoms with Crippen LogP contribution in [0.4, 0.5) is 0 Å². The van der Waals surface area contributed by atoms with Gasteiger partial charge in [0.25, 0.3) is 0 Å². The van der Waals surface area contributed by atoms with Crippen LogP contribution in [-0.2, 0) is 26.3 Å². The second kappa shape index (κ2) is 8.87. The molecule has 0 unspecified atom stereocenters. The Morgan fingerprint density at radius 3 is 2.14 bits per heavy atom. The summed E-state index contributed by atoms with van der Waals surface area (Å²) in [6.45, 7) is 8.74. The zero-order valence-electron chi connectivity index (χ0n) is 17.5. The average molecular weight is 424 g/mol. The Morgan fingerprint density at radius 2 is 1.50 bits per heavy atom. The van der Waals surface area contributed by atoms with Crippen molar-refractivity contribution in [2.75, 3.05) is 13.2 Å². The molecule has 1 saturated heterocycles. The molecular weight excluding hydrogens is 391 g/mol. The molecular formula is C25H33CoO2. The van der Waals surface area contributed by atoms with Crippen LogP contribution in [0.25, 0.3) is 0 Å². The Hall–Kier alpha value is -0.874. The molecule has 2 fully saturated rings. The minimum Gasteiger partial charge on any atom is -0.349 e. The molecule has 0 aromatic carbocycles. The molecule has 1 saturated carbocycles. The molecule has 4 aliphatic carbocycles. The van der Waals surface area contributed by atoms with Crippen molar-refractivity contribution in [3.05, 3.63) is 64.7 Å². The second-order valence-electron chi connectivity index (χ2n) is 8.99. The van der Waals surface area contributed by atoms with Crippen LogP contribution < -0.4 is 0 Å². The van der Waals surface area contributed by atoms with E-state index in [0.717, 1.165) is 32.5 Å². The van der Waals surface area contributed by atoms with Gasteiger partial charge in [0.1, 0.15) is 0 Å². The summed E-state index contributed by atoms with van der Waals surface area (Å²) in [4.78, 5) is 0. The van der Waals surface area contributed by atoms with Crippen LogP contribution in [0.15, 0.2) is 58.2 Å². The van der Waals surface area contributed by atoms with E-state index in [0.29, 0.717) is 0 Å². The van der Waals surface area contributed by atoms with Crippen LogP contribution in [0.3, 0.4) is 0 Å². The first-order chi connectivity index (χ1) is 13.0. The first-order valence-electron chi connectivity index (χ1n) is 10.6. The standard InChI is InChI=1S/C20H28O2.C5H5.Co/c1-14-11-20(21-9-6-10-22-20)13-17-16-8-5-4-7-15(16)12-19(2,3)18(14)17;1-2-4-5-3-1;/h12H,4-11,13H2,1-3H3;1-5H;. The molecule has 28 heavy (non-hydrogen) atoms. The topological polar surface area (TPSA) is 18.5 Å². The molecule has 3 heteroatoms. The van der Waals surface area contributed by atoms with Crippen molar-refractivity contribution < 1.29 is 26.3 Å². The number of ether oxygens (including phenoxy) is 2. The molecule has 0 atom stereocenters. The SMILES string of the molecule is CC1=C2C(=C3CCCCC3=CC2(C)C)CC2(C1)OCCCO2.[CH]1C=CC=C1.[Co]. The van der Waals surface area contributed by atoms with E-state index in [2.05, 4.69) is 26.8 Å². The summed E-state index contributed by atoms with van der Waals surface area (Å²) in [6.07, 6.45) is 20.6. The fourth-order valence-electron chi connectivity index (χ4n) is 5.45. The molecule has 154 valence electrons. The Morgan fingerprint density at radius 1 is 0.821 bits per heavy atom. The molecule has 5 rings (SSSR count). The van der Waals surface area contributed by atoms with E-state index < -0.39 is 0 Å². The zero-order valence-corrected chi connectivity index (χ0v) is 18.5. The van der Waals surface area contributed by atoms with Crippen LogP contribution >= 0.6 is 0 Å². The average Bonchev–Trinajstić information content (AvgIpc) is 3.21. The summed E-state index contributed by atoms with van der Waals surface area (Å²) >= 11 is 0. The van der Waals surface area contributed by atoms with Gasteiger partial charge in [-0.1, -0.05) is 49.8 Å². The summed E-state index contributed by atoms with van der Waals surface area (Å²) in [5, 5.41) is 0. The molecule has 1 heterocycles. The summed E-state index contributed by atoms with van der Waals surface area (Å²) in [6, 6.07) is 0. The first kappa shape index (κ1) is 21.8. The van der Waals surface area contributed by atoms with Gasteiger partial charge >= 0.3 is 0 Å². The van der Waals surface area contributed by atoms with Crippen LogP contribution in [0, 0.1) is 11.8 Å². The van der Waals surface area contributed by atoms with Crippen LogP contribution in [0.5, 0.6) is 0 Å².